The second kappa shape index (κ2) is 4.14. The summed E-state index contributed by atoms with van der Waals surface area (Å²) in [6.07, 6.45) is 2.58. The molecule has 1 heterocycles. The molecule has 0 radical (unpaired) electrons. The van der Waals surface area contributed by atoms with Crippen LogP contribution >= 0.6 is 11.8 Å². The summed E-state index contributed by atoms with van der Waals surface area (Å²) in [7, 11) is 0. The fourth-order valence-electron chi connectivity index (χ4n) is 1.83. The Balaban J connectivity index is 2.73. The summed E-state index contributed by atoms with van der Waals surface area (Å²) in [5.74, 6) is 0.800. The van der Waals surface area contributed by atoms with Crippen molar-refractivity contribution in [1.29, 1.82) is 0 Å². The van der Waals surface area contributed by atoms with Gasteiger partial charge in [-0.1, -0.05) is 26.0 Å². The first-order valence-electron chi connectivity index (χ1n) is 5.43. The average Bonchev–Trinajstić information content (AvgIpc) is 2.28. The SMILES string of the molecule is C=C1SC(C)(CCC(C)C)C(C)=C1C. The first-order valence-corrected chi connectivity index (χ1v) is 6.24. The third-order valence-corrected chi connectivity index (χ3v) is 4.83. The van der Waals surface area contributed by atoms with Gasteiger partial charge in [-0.15, -0.1) is 11.8 Å². The third-order valence-electron chi connectivity index (χ3n) is 3.32. The molecule has 14 heavy (non-hydrogen) atoms. The van der Waals surface area contributed by atoms with Crippen molar-refractivity contribution in [2.45, 2.75) is 52.2 Å². The van der Waals surface area contributed by atoms with E-state index in [0.29, 0.717) is 4.75 Å². The van der Waals surface area contributed by atoms with Gasteiger partial charge in [0.2, 0.25) is 0 Å². The molecular weight excluding hydrogens is 188 g/mol. The van der Waals surface area contributed by atoms with Gasteiger partial charge in [-0.25, -0.2) is 0 Å². The number of rotatable bonds is 3. The Bertz CT molecular complexity index is 273. The molecule has 0 aromatic rings. The van der Waals surface area contributed by atoms with Crippen molar-refractivity contribution < 1.29 is 0 Å². The second-order valence-electron chi connectivity index (χ2n) is 4.94. The molecule has 0 saturated carbocycles. The van der Waals surface area contributed by atoms with E-state index < -0.39 is 0 Å². The van der Waals surface area contributed by atoms with Crippen LogP contribution < -0.4 is 0 Å². The predicted octanol–water partition coefficient (Wildman–Crippen LogP) is 4.78. The normalized spacial score (nSPS) is 28.0. The van der Waals surface area contributed by atoms with Gasteiger partial charge in [0.25, 0.3) is 0 Å². The van der Waals surface area contributed by atoms with Crippen LogP contribution in [0.2, 0.25) is 0 Å². The van der Waals surface area contributed by atoms with Gasteiger partial charge in [-0.05, 0) is 45.1 Å². The topological polar surface area (TPSA) is 0 Å². The molecule has 0 aliphatic carbocycles. The van der Waals surface area contributed by atoms with Gasteiger partial charge >= 0.3 is 0 Å². The lowest BCUT2D eigenvalue weighted by Crippen LogP contribution is -2.19. The fourth-order valence-corrected chi connectivity index (χ4v) is 3.21. The summed E-state index contributed by atoms with van der Waals surface area (Å²) in [5, 5.41) is 0. The Morgan fingerprint density at radius 3 is 2.29 bits per heavy atom. The minimum atomic E-state index is 0.325. The Hall–Kier alpha value is -0.170. The molecule has 0 N–H and O–H groups in total. The maximum absolute atomic E-state index is 4.11. The van der Waals surface area contributed by atoms with Crippen LogP contribution in [0.15, 0.2) is 22.6 Å². The molecule has 0 nitrogen and oxygen atoms in total. The summed E-state index contributed by atoms with van der Waals surface area (Å²) < 4.78 is 0.325. The molecule has 0 amide bonds. The van der Waals surface area contributed by atoms with Crippen molar-refractivity contribution in [3.63, 3.8) is 0 Å². The number of thioether (sulfide) groups is 1. The Morgan fingerprint density at radius 2 is 1.93 bits per heavy atom. The zero-order valence-electron chi connectivity index (χ0n) is 10.1. The molecule has 0 spiro atoms. The highest BCUT2D eigenvalue weighted by molar-refractivity contribution is 8.05. The molecule has 1 aliphatic heterocycles. The molecule has 0 aromatic carbocycles. The minimum Gasteiger partial charge on any atom is -0.115 e. The predicted molar refractivity (Wildman–Crippen MR) is 67.6 cm³/mol. The summed E-state index contributed by atoms with van der Waals surface area (Å²) in [4.78, 5) is 1.27. The monoisotopic (exact) mass is 210 g/mol. The van der Waals surface area contributed by atoms with E-state index in [9.17, 15) is 0 Å². The van der Waals surface area contributed by atoms with Gasteiger partial charge in [0.1, 0.15) is 0 Å². The Kier molecular flexibility index (Phi) is 3.52. The van der Waals surface area contributed by atoms with Crippen molar-refractivity contribution >= 4 is 11.8 Å². The summed E-state index contributed by atoms with van der Waals surface area (Å²) in [6.45, 7) is 15.5. The lowest BCUT2D eigenvalue weighted by molar-refractivity contribution is 0.514. The van der Waals surface area contributed by atoms with Crippen LogP contribution in [0.3, 0.4) is 0 Å². The van der Waals surface area contributed by atoms with Crippen molar-refractivity contribution in [2.75, 3.05) is 0 Å². The largest absolute Gasteiger partial charge is 0.115 e. The van der Waals surface area contributed by atoms with Crippen LogP contribution in [0.5, 0.6) is 0 Å². The highest BCUT2D eigenvalue weighted by Gasteiger charge is 2.35. The highest BCUT2D eigenvalue weighted by Crippen LogP contribution is 2.51. The van der Waals surface area contributed by atoms with E-state index in [1.807, 2.05) is 11.8 Å². The van der Waals surface area contributed by atoms with E-state index >= 15 is 0 Å². The standard InChI is InChI=1S/C13H22S/c1-9(2)7-8-13(6)11(4)10(3)12(5)14-13/h9H,5,7-8H2,1-4,6H3. The summed E-state index contributed by atoms with van der Waals surface area (Å²) in [6, 6.07) is 0. The van der Waals surface area contributed by atoms with Gasteiger partial charge in [-0.2, -0.15) is 0 Å². The van der Waals surface area contributed by atoms with Crippen LogP contribution in [-0.4, -0.2) is 4.75 Å². The zero-order valence-corrected chi connectivity index (χ0v) is 10.9. The lowest BCUT2D eigenvalue weighted by atomic mass is 9.90. The fraction of sp³-hybridized carbons (Fsp3) is 0.692. The third kappa shape index (κ3) is 2.25. The lowest BCUT2D eigenvalue weighted by Gasteiger charge is -2.26. The molecule has 0 fully saturated rings. The molecule has 0 aromatic heterocycles. The van der Waals surface area contributed by atoms with E-state index in [2.05, 4.69) is 41.2 Å². The quantitative estimate of drug-likeness (QED) is 0.646. The van der Waals surface area contributed by atoms with Crippen LogP contribution in [0, 0.1) is 5.92 Å². The maximum atomic E-state index is 4.11. The molecule has 0 saturated heterocycles. The van der Waals surface area contributed by atoms with E-state index in [1.54, 1.807) is 0 Å². The van der Waals surface area contributed by atoms with Crippen molar-refractivity contribution in [1.82, 2.24) is 0 Å². The average molecular weight is 210 g/mol. The van der Waals surface area contributed by atoms with Crippen LogP contribution in [0.4, 0.5) is 0 Å². The highest BCUT2D eigenvalue weighted by atomic mass is 32.2. The van der Waals surface area contributed by atoms with Crippen LogP contribution in [-0.2, 0) is 0 Å². The molecule has 1 unspecified atom stereocenters. The van der Waals surface area contributed by atoms with Gasteiger partial charge < -0.3 is 0 Å². The molecule has 1 atom stereocenters. The smallest absolute Gasteiger partial charge is 0.0390 e. The van der Waals surface area contributed by atoms with Crippen LogP contribution in [0.1, 0.15) is 47.5 Å². The zero-order chi connectivity index (χ0) is 10.9. The first-order chi connectivity index (χ1) is 6.37. The van der Waals surface area contributed by atoms with Gasteiger partial charge in [0, 0.05) is 9.65 Å². The Morgan fingerprint density at radius 1 is 1.36 bits per heavy atom. The van der Waals surface area contributed by atoms with Gasteiger partial charge in [0.15, 0.2) is 0 Å². The molecule has 1 aliphatic rings. The number of allylic oxidation sites excluding steroid dienone is 1. The molecule has 0 bridgehead atoms. The van der Waals surface area contributed by atoms with Crippen molar-refractivity contribution in [2.24, 2.45) is 5.92 Å². The van der Waals surface area contributed by atoms with Gasteiger partial charge in [0.05, 0.1) is 0 Å². The summed E-state index contributed by atoms with van der Waals surface area (Å²) >= 11 is 1.96. The number of hydrogen-bond acceptors (Lipinski definition) is 1. The van der Waals surface area contributed by atoms with E-state index in [-0.39, 0.29) is 0 Å². The van der Waals surface area contributed by atoms with Crippen molar-refractivity contribution in [3.8, 4) is 0 Å². The Labute approximate surface area is 92.9 Å². The molecule has 80 valence electrons. The van der Waals surface area contributed by atoms with E-state index in [4.69, 9.17) is 0 Å². The molecular formula is C13H22S. The van der Waals surface area contributed by atoms with Crippen LogP contribution in [0.25, 0.3) is 0 Å². The second-order valence-corrected chi connectivity index (χ2v) is 6.54. The molecule has 1 rings (SSSR count). The summed E-state index contributed by atoms with van der Waals surface area (Å²) in [5.41, 5.74) is 2.95. The van der Waals surface area contributed by atoms with Gasteiger partial charge in [-0.3, -0.25) is 0 Å². The maximum Gasteiger partial charge on any atom is 0.0390 e. The van der Waals surface area contributed by atoms with E-state index in [0.717, 1.165) is 5.92 Å². The minimum absolute atomic E-state index is 0.325. The van der Waals surface area contributed by atoms with E-state index in [1.165, 1.54) is 28.9 Å². The molecule has 1 heteroatoms. The number of hydrogen-bond donors (Lipinski definition) is 0. The first kappa shape index (κ1) is 11.9. The van der Waals surface area contributed by atoms with Crippen molar-refractivity contribution in [3.05, 3.63) is 22.6 Å².